The number of carbonyl (C=O) groups is 2. The van der Waals surface area contributed by atoms with Crippen LogP contribution in [0, 0.1) is 0 Å². The highest BCUT2D eigenvalue weighted by Gasteiger charge is 2.20. The van der Waals surface area contributed by atoms with Crippen LogP contribution in [0.5, 0.6) is 0 Å². The van der Waals surface area contributed by atoms with E-state index in [0.717, 1.165) is 25.8 Å². The molecule has 24 heavy (non-hydrogen) atoms. The van der Waals surface area contributed by atoms with Gasteiger partial charge in [-0.15, -0.1) is 0 Å². The van der Waals surface area contributed by atoms with Crippen molar-refractivity contribution in [2.45, 2.75) is 25.3 Å². The minimum Gasteiger partial charge on any atom is -0.459 e. The van der Waals surface area contributed by atoms with E-state index < -0.39 is 0 Å². The lowest BCUT2D eigenvalue weighted by Gasteiger charge is -2.22. The molecule has 1 atom stereocenters. The molecule has 126 valence electrons. The van der Waals surface area contributed by atoms with Crippen molar-refractivity contribution in [3.63, 3.8) is 0 Å². The summed E-state index contributed by atoms with van der Waals surface area (Å²) in [5.74, 6) is -0.255. The lowest BCUT2D eigenvalue weighted by atomic mass is 10.0. The van der Waals surface area contributed by atoms with Crippen LogP contribution >= 0.6 is 11.6 Å². The van der Waals surface area contributed by atoms with Crippen molar-refractivity contribution in [2.24, 2.45) is 0 Å². The van der Waals surface area contributed by atoms with Crippen molar-refractivity contribution in [3.05, 3.63) is 47.4 Å². The molecule has 0 saturated carbocycles. The highest BCUT2D eigenvalue weighted by atomic mass is 35.5. The number of halogens is 1. The van der Waals surface area contributed by atoms with E-state index in [4.69, 9.17) is 16.0 Å². The second kappa shape index (κ2) is 7.51. The second-order valence-electron chi connectivity index (χ2n) is 5.62. The van der Waals surface area contributed by atoms with Gasteiger partial charge in [0.05, 0.1) is 23.0 Å². The lowest BCUT2D eigenvalue weighted by Crippen LogP contribution is -2.43. The summed E-state index contributed by atoms with van der Waals surface area (Å²) in [6, 6.07) is 7.98. The van der Waals surface area contributed by atoms with E-state index in [1.54, 1.807) is 30.3 Å². The van der Waals surface area contributed by atoms with E-state index in [2.05, 4.69) is 16.0 Å². The van der Waals surface area contributed by atoms with Crippen LogP contribution in [0.2, 0.25) is 5.02 Å². The maximum atomic E-state index is 12.2. The normalized spacial score (nSPS) is 17.3. The molecule has 2 aromatic rings. The van der Waals surface area contributed by atoms with Gasteiger partial charge in [-0.25, -0.2) is 0 Å². The maximum absolute atomic E-state index is 12.2. The van der Waals surface area contributed by atoms with Gasteiger partial charge in [0.1, 0.15) is 0 Å². The molecule has 0 radical (unpaired) electrons. The van der Waals surface area contributed by atoms with Gasteiger partial charge in [0.25, 0.3) is 5.91 Å². The molecule has 2 heterocycles. The van der Waals surface area contributed by atoms with Crippen molar-refractivity contribution < 1.29 is 14.0 Å². The minimum absolute atomic E-state index is 0.0712. The molecule has 1 aliphatic heterocycles. The largest absolute Gasteiger partial charge is 0.459 e. The fourth-order valence-corrected chi connectivity index (χ4v) is 2.82. The summed E-state index contributed by atoms with van der Waals surface area (Å²) < 4.78 is 5.03. The third kappa shape index (κ3) is 3.96. The van der Waals surface area contributed by atoms with Gasteiger partial charge < -0.3 is 20.4 Å². The number of carbonyl (C=O) groups excluding carboxylic acids is 2. The molecule has 1 fully saturated rings. The van der Waals surface area contributed by atoms with Crippen LogP contribution in [0.1, 0.15) is 29.8 Å². The number of nitrogens with one attached hydrogen (secondary N) is 3. The van der Waals surface area contributed by atoms with E-state index >= 15 is 0 Å². The number of piperidine rings is 1. The molecule has 0 aliphatic carbocycles. The zero-order chi connectivity index (χ0) is 16.9. The fourth-order valence-electron chi connectivity index (χ4n) is 2.59. The predicted octanol–water partition coefficient (Wildman–Crippen LogP) is 3.27. The Hall–Kier alpha value is -2.31. The first-order valence-electron chi connectivity index (χ1n) is 7.82. The van der Waals surface area contributed by atoms with Crippen molar-refractivity contribution in [1.82, 2.24) is 5.32 Å². The molecular formula is C17H18ClN3O3. The Morgan fingerprint density at radius 3 is 2.75 bits per heavy atom. The topological polar surface area (TPSA) is 83.4 Å². The molecule has 3 N–H and O–H groups in total. The molecular weight excluding hydrogens is 330 g/mol. The van der Waals surface area contributed by atoms with Crippen LogP contribution < -0.4 is 16.0 Å². The Balaban J connectivity index is 1.63. The lowest BCUT2D eigenvalue weighted by molar-refractivity contribution is -0.118. The third-order valence-corrected chi connectivity index (χ3v) is 4.17. The molecule has 2 amide bonds. The Bertz CT molecular complexity index is 725. The summed E-state index contributed by atoms with van der Waals surface area (Å²) in [6.45, 7) is 0.858. The van der Waals surface area contributed by atoms with Crippen molar-refractivity contribution in [1.29, 1.82) is 0 Å². The van der Waals surface area contributed by atoms with E-state index in [0.29, 0.717) is 16.4 Å². The zero-order valence-corrected chi connectivity index (χ0v) is 13.7. The van der Waals surface area contributed by atoms with Gasteiger partial charge in [0.15, 0.2) is 5.76 Å². The number of anilines is 2. The monoisotopic (exact) mass is 347 g/mol. The summed E-state index contributed by atoms with van der Waals surface area (Å²) in [4.78, 5) is 24.2. The average Bonchev–Trinajstić information content (AvgIpc) is 3.13. The molecule has 1 unspecified atom stereocenters. The van der Waals surface area contributed by atoms with Gasteiger partial charge in [-0.2, -0.15) is 0 Å². The Labute approximate surface area is 144 Å². The molecule has 7 heteroatoms. The van der Waals surface area contributed by atoms with Crippen molar-refractivity contribution >= 4 is 34.8 Å². The van der Waals surface area contributed by atoms with Gasteiger partial charge >= 0.3 is 0 Å². The first-order chi connectivity index (χ1) is 11.6. The van der Waals surface area contributed by atoms with Gasteiger partial charge in [0, 0.05) is 5.69 Å². The quantitative estimate of drug-likeness (QED) is 0.792. The number of furan rings is 1. The molecule has 1 aromatic carbocycles. The molecule has 0 bridgehead atoms. The van der Waals surface area contributed by atoms with Crippen LogP contribution in [0.4, 0.5) is 11.4 Å². The van der Waals surface area contributed by atoms with Crippen LogP contribution in [-0.2, 0) is 4.79 Å². The highest BCUT2D eigenvalue weighted by molar-refractivity contribution is 6.34. The Kier molecular flexibility index (Phi) is 5.17. The first-order valence-corrected chi connectivity index (χ1v) is 8.20. The van der Waals surface area contributed by atoms with Gasteiger partial charge in [0.2, 0.25) is 5.91 Å². The average molecular weight is 348 g/mol. The zero-order valence-electron chi connectivity index (χ0n) is 13.0. The van der Waals surface area contributed by atoms with E-state index in [1.165, 1.54) is 6.26 Å². The number of hydrogen-bond donors (Lipinski definition) is 3. The van der Waals surface area contributed by atoms with Crippen LogP contribution in [-0.4, -0.2) is 24.4 Å². The number of amides is 2. The number of benzene rings is 1. The number of rotatable bonds is 4. The van der Waals surface area contributed by atoms with Gasteiger partial charge in [-0.1, -0.05) is 18.0 Å². The molecule has 6 nitrogen and oxygen atoms in total. The van der Waals surface area contributed by atoms with Gasteiger partial charge in [-0.05, 0) is 49.7 Å². The van der Waals surface area contributed by atoms with E-state index in [1.807, 2.05) is 0 Å². The van der Waals surface area contributed by atoms with Crippen molar-refractivity contribution in [2.75, 3.05) is 17.2 Å². The molecule has 3 rings (SSSR count). The molecule has 1 aliphatic rings. The summed E-state index contributed by atoms with van der Waals surface area (Å²) >= 11 is 6.19. The second-order valence-corrected chi connectivity index (χ2v) is 6.02. The molecule has 1 saturated heterocycles. The number of hydrogen-bond acceptors (Lipinski definition) is 4. The fraction of sp³-hybridized carbons (Fsp3) is 0.294. The van der Waals surface area contributed by atoms with Crippen LogP contribution in [0.25, 0.3) is 0 Å². The van der Waals surface area contributed by atoms with Crippen LogP contribution in [0.15, 0.2) is 41.0 Å². The minimum atomic E-state index is -0.384. The summed E-state index contributed by atoms with van der Waals surface area (Å²) in [7, 11) is 0. The molecule has 1 aromatic heterocycles. The van der Waals surface area contributed by atoms with Crippen LogP contribution in [0.3, 0.4) is 0 Å². The SMILES string of the molecule is O=C(Nc1ccc(NC(=O)C2CCCCN2)cc1Cl)c1ccco1. The molecule has 0 spiro atoms. The van der Waals surface area contributed by atoms with E-state index in [9.17, 15) is 9.59 Å². The summed E-state index contributed by atoms with van der Waals surface area (Å²) in [5.41, 5.74) is 1.04. The summed E-state index contributed by atoms with van der Waals surface area (Å²) in [6.07, 6.45) is 4.40. The van der Waals surface area contributed by atoms with Gasteiger partial charge in [-0.3, -0.25) is 9.59 Å². The first kappa shape index (κ1) is 16.5. The maximum Gasteiger partial charge on any atom is 0.291 e. The van der Waals surface area contributed by atoms with Crippen molar-refractivity contribution in [3.8, 4) is 0 Å². The summed E-state index contributed by atoms with van der Waals surface area (Å²) in [5, 5.41) is 9.04. The highest BCUT2D eigenvalue weighted by Crippen LogP contribution is 2.26. The Morgan fingerprint density at radius 1 is 1.21 bits per heavy atom. The van der Waals surface area contributed by atoms with E-state index in [-0.39, 0.29) is 23.6 Å². The third-order valence-electron chi connectivity index (χ3n) is 3.86. The smallest absolute Gasteiger partial charge is 0.291 e. The predicted molar refractivity (Wildman–Crippen MR) is 92.4 cm³/mol. The Morgan fingerprint density at radius 2 is 2.08 bits per heavy atom. The standard InChI is InChI=1S/C17H18ClN3O3/c18-12-10-11(20-16(22)14-4-1-2-8-19-14)6-7-13(12)21-17(23)15-5-3-9-24-15/h3,5-7,9-10,14,19H,1-2,4,8H2,(H,20,22)(H,21,23).